The van der Waals surface area contributed by atoms with Crippen molar-refractivity contribution in [2.24, 2.45) is 5.92 Å². The highest BCUT2D eigenvalue weighted by Crippen LogP contribution is 2.31. The van der Waals surface area contributed by atoms with Gasteiger partial charge >= 0.3 is 0 Å². The highest BCUT2D eigenvalue weighted by Gasteiger charge is 2.22. The Morgan fingerprint density at radius 3 is 2.81 bits per heavy atom. The minimum Gasteiger partial charge on any atom is -0.320 e. The number of carbonyl (C=O) groups is 1. The first kappa shape index (κ1) is 14.4. The minimum atomic E-state index is 0.122. The fraction of sp³-hybridized carbons (Fsp3) is 0.412. The van der Waals surface area contributed by atoms with Crippen LogP contribution in [0.25, 0.3) is 0 Å². The van der Waals surface area contributed by atoms with E-state index in [0.717, 1.165) is 11.7 Å². The first-order valence-corrected chi connectivity index (χ1v) is 8.48. The topological polar surface area (TPSA) is 34.9 Å². The van der Waals surface area contributed by atoms with Crippen molar-refractivity contribution in [3.8, 4) is 0 Å². The van der Waals surface area contributed by atoms with Crippen LogP contribution in [-0.4, -0.2) is 20.4 Å². The summed E-state index contributed by atoms with van der Waals surface area (Å²) in [4.78, 5) is 16.6. The standard InChI is InChI=1S/C17H20N2OS/c1-13(15-8-3-2-4-9-15)19-12-18-10-16(19)17(20)21-11-14-6-5-7-14/h2-4,8-10,12-14H,5-7,11H2,1H3. The summed E-state index contributed by atoms with van der Waals surface area (Å²) in [6, 6.07) is 10.3. The van der Waals surface area contributed by atoms with E-state index in [2.05, 4.69) is 24.0 Å². The Labute approximate surface area is 129 Å². The molecule has 0 saturated heterocycles. The van der Waals surface area contributed by atoms with Gasteiger partial charge in [0.1, 0.15) is 5.69 Å². The molecular formula is C17H20N2OS. The average molecular weight is 300 g/mol. The number of carbonyl (C=O) groups excluding carboxylic acids is 1. The Kier molecular flexibility index (Phi) is 4.44. The van der Waals surface area contributed by atoms with Gasteiger partial charge in [0.25, 0.3) is 0 Å². The fourth-order valence-electron chi connectivity index (χ4n) is 2.59. The van der Waals surface area contributed by atoms with E-state index < -0.39 is 0 Å². The Morgan fingerprint density at radius 1 is 1.38 bits per heavy atom. The third kappa shape index (κ3) is 3.21. The number of rotatable bonds is 5. The van der Waals surface area contributed by atoms with Gasteiger partial charge in [-0.15, -0.1) is 0 Å². The smallest absolute Gasteiger partial charge is 0.237 e. The summed E-state index contributed by atoms with van der Waals surface area (Å²) in [5.41, 5.74) is 1.89. The van der Waals surface area contributed by atoms with E-state index in [1.54, 1.807) is 12.5 Å². The average Bonchev–Trinajstić information content (AvgIpc) is 2.95. The number of benzene rings is 1. The minimum absolute atomic E-state index is 0.122. The molecule has 1 aliphatic carbocycles. The SMILES string of the molecule is CC(c1ccccc1)n1cncc1C(=O)SCC1CCC1. The fourth-order valence-corrected chi connectivity index (χ4v) is 3.62. The molecule has 0 N–H and O–H groups in total. The molecule has 1 unspecified atom stereocenters. The molecule has 21 heavy (non-hydrogen) atoms. The zero-order valence-corrected chi connectivity index (χ0v) is 13.1. The summed E-state index contributed by atoms with van der Waals surface area (Å²) < 4.78 is 1.98. The van der Waals surface area contributed by atoms with Crippen molar-refractivity contribution < 1.29 is 4.79 Å². The summed E-state index contributed by atoms with van der Waals surface area (Å²) in [6.45, 7) is 2.10. The van der Waals surface area contributed by atoms with Gasteiger partial charge in [-0.1, -0.05) is 48.5 Å². The predicted octanol–water partition coefficient (Wildman–Crippen LogP) is 4.17. The Morgan fingerprint density at radius 2 is 2.14 bits per heavy atom. The van der Waals surface area contributed by atoms with Crippen LogP contribution in [0.15, 0.2) is 42.9 Å². The molecule has 0 radical (unpaired) electrons. The van der Waals surface area contributed by atoms with Crippen molar-refractivity contribution >= 4 is 16.9 Å². The van der Waals surface area contributed by atoms with Gasteiger partial charge in [-0.05, 0) is 31.2 Å². The molecule has 3 nitrogen and oxygen atoms in total. The summed E-state index contributed by atoms with van der Waals surface area (Å²) in [7, 11) is 0. The van der Waals surface area contributed by atoms with Gasteiger partial charge in [0, 0.05) is 5.75 Å². The van der Waals surface area contributed by atoms with E-state index in [9.17, 15) is 4.79 Å². The first-order chi connectivity index (χ1) is 10.3. The molecule has 1 heterocycles. The van der Waals surface area contributed by atoms with Crippen LogP contribution in [0.4, 0.5) is 0 Å². The van der Waals surface area contributed by atoms with Crippen molar-refractivity contribution in [3.63, 3.8) is 0 Å². The van der Waals surface area contributed by atoms with Gasteiger partial charge in [-0.2, -0.15) is 0 Å². The van der Waals surface area contributed by atoms with Crippen molar-refractivity contribution in [1.82, 2.24) is 9.55 Å². The normalized spacial score (nSPS) is 16.4. The molecule has 110 valence electrons. The van der Waals surface area contributed by atoms with Crippen LogP contribution in [0.2, 0.25) is 0 Å². The first-order valence-electron chi connectivity index (χ1n) is 7.49. The lowest BCUT2D eigenvalue weighted by molar-refractivity contribution is 0.107. The third-order valence-electron chi connectivity index (χ3n) is 4.25. The lowest BCUT2D eigenvalue weighted by atomic mass is 9.87. The maximum Gasteiger partial charge on any atom is 0.237 e. The lowest BCUT2D eigenvalue weighted by Crippen LogP contribution is -2.16. The summed E-state index contributed by atoms with van der Waals surface area (Å²) in [5.74, 6) is 1.69. The zero-order chi connectivity index (χ0) is 14.7. The number of imidazole rings is 1. The lowest BCUT2D eigenvalue weighted by Gasteiger charge is -2.24. The highest BCUT2D eigenvalue weighted by molar-refractivity contribution is 8.14. The molecule has 1 atom stereocenters. The van der Waals surface area contributed by atoms with Gasteiger partial charge in [-0.25, -0.2) is 4.98 Å². The monoisotopic (exact) mass is 300 g/mol. The Balaban J connectivity index is 1.72. The van der Waals surface area contributed by atoms with Gasteiger partial charge in [-0.3, -0.25) is 4.79 Å². The van der Waals surface area contributed by atoms with E-state index in [1.807, 2.05) is 22.8 Å². The molecule has 1 aromatic heterocycles. The highest BCUT2D eigenvalue weighted by atomic mass is 32.2. The number of hydrogen-bond donors (Lipinski definition) is 0. The second-order valence-electron chi connectivity index (χ2n) is 5.67. The molecule has 3 rings (SSSR count). The summed E-state index contributed by atoms with van der Waals surface area (Å²) in [5, 5.41) is 0.141. The van der Waals surface area contributed by atoms with E-state index in [0.29, 0.717) is 5.69 Å². The van der Waals surface area contributed by atoms with Crippen molar-refractivity contribution in [2.45, 2.75) is 32.2 Å². The second kappa shape index (κ2) is 6.48. The van der Waals surface area contributed by atoms with Crippen LogP contribution >= 0.6 is 11.8 Å². The van der Waals surface area contributed by atoms with Crippen LogP contribution in [0.3, 0.4) is 0 Å². The molecule has 4 heteroatoms. The third-order valence-corrected chi connectivity index (χ3v) is 5.36. The van der Waals surface area contributed by atoms with Crippen LogP contribution in [-0.2, 0) is 0 Å². The quantitative estimate of drug-likeness (QED) is 0.831. The molecule has 1 saturated carbocycles. The summed E-state index contributed by atoms with van der Waals surface area (Å²) in [6.07, 6.45) is 7.33. The Bertz CT molecular complexity index is 604. The molecule has 0 amide bonds. The molecule has 0 aliphatic heterocycles. The molecule has 1 fully saturated rings. The van der Waals surface area contributed by atoms with Crippen LogP contribution < -0.4 is 0 Å². The van der Waals surface area contributed by atoms with Crippen LogP contribution in [0, 0.1) is 5.92 Å². The predicted molar refractivity (Wildman–Crippen MR) is 86.6 cm³/mol. The largest absolute Gasteiger partial charge is 0.320 e. The molecule has 0 spiro atoms. The number of nitrogens with zero attached hydrogens (tertiary/aromatic N) is 2. The van der Waals surface area contributed by atoms with Crippen molar-refractivity contribution in [2.75, 3.05) is 5.75 Å². The molecule has 1 aromatic carbocycles. The van der Waals surface area contributed by atoms with E-state index in [1.165, 1.54) is 36.6 Å². The molecule has 0 bridgehead atoms. The number of thioether (sulfide) groups is 1. The molecule has 1 aliphatic rings. The second-order valence-corrected chi connectivity index (χ2v) is 6.66. The zero-order valence-electron chi connectivity index (χ0n) is 12.2. The van der Waals surface area contributed by atoms with Crippen LogP contribution in [0.1, 0.15) is 48.3 Å². The van der Waals surface area contributed by atoms with Gasteiger partial charge < -0.3 is 4.57 Å². The maximum absolute atomic E-state index is 12.4. The summed E-state index contributed by atoms with van der Waals surface area (Å²) >= 11 is 1.45. The van der Waals surface area contributed by atoms with E-state index >= 15 is 0 Å². The molecule has 2 aromatic rings. The maximum atomic E-state index is 12.4. The Hall–Kier alpha value is -1.55. The van der Waals surface area contributed by atoms with Gasteiger partial charge in [0.15, 0.2) is 0 Å². The van der Waals surface area contributed by atoms with E-state index in [4.69, 9.17) is 0 Å². The van der Waals surface area contributed by atoms with Crippen molar-refractivity contribution in [1.29, 1.82) is 0 Å². The van der Waals surface area contributed by atoms with Crippen molar-refractivity contribution in [3.05, 3.63) is 54.1 Å². The van der Waals surface area contributed by atoms with Crippen LogP contribution in [0.5, 0.6) is 0 Å². The number of hydrogen-bond acceptors (Lipinski definition) is 3. The van der Waals surface area contributed by atoms with Gasteiger partial charge in [0.2, 0.25) is 5.12 Å². The van der Waals surface area contributed by atoms with Gasteiger partial charge in [0.05, 0.1) is 18.6 Å². The number of aromatic nitrogens is 2. The molecular weight excluding hydrogens is 280 g/mol. The van der Waals surface area contributed by atoms with E-state index in [-0.39, 0.29) is 11.2 Å².